The van der Waals surface area contributed by atoms with Crippen LogP contribution < -0.4 is 4.74 Å². The van der Waals surface area contributed by atoms with E-state index in [0.29, 0.717) is 17.5 Å². The maximum atomic E-state index is 5.73. The smallest absolute Gasteiger partial charge is 0.282 e. The van der Waals surface area contributed by atoms with Crippen LogP contribution in [0, 0.1) is 20.8 Å². The molecular formula is C17H18N4O2S. The molecule has 0 radical (unpaired) electrons. The van der Waals surface area contributed by atoms with Gasteiger partial charge in [-0.3, -0.25) is 0 Å². The summed E-state index contributed by atoms with van der Waals surface area (Å²) in [6.07, 6.45) is 0.582. The molecule has 124 valence electrons. The van der Waals surface area contributed by atoms with Crippen molar-refractivity contribution >= 4 is 11.8 Å². The van der Waals surface area contributed by atoms with Gasteiger partial charge in [-0.15, -0.1) is 10.2 Å². The monoisotopic (exact) mass is 342 g/mol. The summed E-state index contributed by atoms with van der Waals surface area (Å²) in [6, 6.07) is 7.79. The number of nitrogens with zero attached hydrogens (tertiary/aromatic N) is 4. The van der Waals surface area contributed by atoms with Crippen molar-refractivity contribution in [1.29, 1.82) is 0 Å². The Kier molecular flexibility index (Phi) is 4.80. The van der Waals surface area contributed by atoms with E-state index in [2.05, 4.69) is 20.2 Å². The number of aromatic nitrogens is 4. The average Bonchev–Trinajstić information content (AvgIpc) is 3.00. The summed E-state index contributed by atoms with van der Waals surface area (Å²) in [5.41, 5.74) is 3.07. The quantitative estimate of drug-likeness (QED) is 0.657. The fourth-order valence-electron chi connectivity index (χ4n) is 2.19. The van der Waals surface area contributed by atoms with Crippen LogP contribution in [0.5, 0.6) is 5.75 Å². The SMILES string of the molecule is COc1ccc(Cc2nnc(Sc3nc(C)nc(C)c3C)o2)cc1. The molecule has 0 saturated heterocycles. The molecule has 2 heterocycles. The van der Waals surface area contributed by atoms with Crippen molar-refractivity contribution in [2.75, 3.05) is 7.11 Å². The number of ether oxygens (including phenoxy) is 1. The zero-order valence-electron chi connectivity index (χ0n) is 14.0. The fraction of sp³-hybridized carbons (Fsp3) is 0.294. The van der Waals surface area contributed by atoms with Gasteiger partial charge in [0, 0.05) is 11.3 Å². The molecule has 0 saturated carbocycles. The third-order valence-electron chi connectivity index (χ3n) is 3.60. The van der Waals surface area contributed by atoms with Crippen LogP contribution >= 0.6 is 11.8 Å². The van der Waals surface area contributed by atoms with Gasteiger partial charge >= 0.3 is 0 Å². The number of rotatable bonds is 5. The first-order chi connectivity index (χ1) is 11.5. The first kappa shape index (κ1) is 16.4. The molecule has 0 aliphatic rings. The summed E-state index contributed by atoms with van der Waals surface area (Å²) in [6.45, 7) is 5.84. The summed E-state index contributed by atoms with van der Waals surface area (Å²) in [4.78, 5) is 8.80. The molecule has 0 aliphatic carbocycles. The van der Waals surface area contributed by atoms with E-state index in [9.17, 15) is 0 Å². The molecule has 1 aromatic carbocycles. The van der Waals surface area contributed by atoms with E-state index in [0.717, 1.165) is 33.4 Å². The van der Waals surface area contributed by atoms with Gasteiger partial charge in [0.15, 0.2) is 0 Å². The maximum absolute atomic E-state index is 5.73. The Balaban J connectivity index is 1.73. The molecule has 0 aliphatic heterocycles. The predicted molar refractivity (Wildman–Crippen MR) is 90.5 cm³/mol. The Morgan fingerprint density at radius 3 is 2.50 bits per heavy atom. The lowest BCUT2D eigenvalue weighted by atomic mass is 10.1. The van der Waals surface area contributed by atoms with E-state index < -0.39 is 0 Å². The van der Waals surface area contributed by atoms with Gasteiger partial charge in [0.25, 0.3) is 5.22 Å². The molecule has 7 heteroatoms. The fourth-order valence-corrected chi connectivity index (χ4v) is 3.05. The summed E-state index contributed by atoms with van der Waals surface area (Å²) in [5.74, 6) is 2.13. The van der Waals surface area contributed by atoms with E-state index >= 15 is 0 Å². The number of hydrogen-bond acceptors (Lipinski definition) is 7. The van der Waals surface area contributed by atoms with Crippen LogP contribution in [0.1, 0.15) is 28.5 Å². The zero-order chi connectivity index (χ0) is 17.1. The number of aryl methyl sites for hydroxylation is 2. The topological polar surface area (TPSA) is 73.9 Å². The lowest BCUT2D eigenvalue weighted by molar-refractivity contribution is 0.413. The predicted octanol–water partition coefficient (Wildman–Crippen LogP) is 3.54. The summed E-state index contributed by atoms with van der Waals surface area (Å²) in [5, 5.41) is 9.55. The van der Waals surface area contributed by atoms with Crippen molar-refractivity contribution in [1.82, 2.24) is 20.2 Å². The van der Waals surface area contributed by atoms with Crippen LogP contribution in [0.3, 0.4) is 0 Å². The van der Waals surface area contributed by atoms with Gasteiger partial charge in [0.05, 0.1) is 13.5 Å². The van der Waals surface area contributed by atoms with Gasteiger partial charge in [-0.2, -0.15) is 0 Å². The van der Waals surface area contributed by atoms with Crippen molar-refractivity contribution in [2.45, 2.75) is 37.4 Å². The van der Waals surface area contributed by atoms with E-state index in [-0.39, 0.29) is 0 Å². The molecule has 24 heavy (non-hydrogen) atoms. The molecule has 3 aromatic rings. The standard InChI is InChI=1S/C17H18N4O2S/c1-10-11(2)18-12(3)19-16(10)24-17-21-20-15(23-17)9-13-5-7-14(22-4)8-6-13/h5-8H,9H2,1-4H3. The molecule has 0 atom stereocenters. The van der Waals surface area contributed by atoms with E-state index in [4.69, 9.17) is 9.15 Å². The minimum absolute atomic E-state index is 0.485. The van der Waals surface area contributed by atoms with Crippen LogP contribution in [0.2, 0.25) is 0 Å². The Bertz CT molecular complexity index is 846. The normalized spacial score (nSPS) is 10.8. The molecule has 0 spiro atoms. The van der Waals surface area contributed by atoms with Crippen molar-refractivity contribution in [3.05, 3.63) is 52.8 Å². The zero-order valence-corrected chi connectivity index (χ0v) is 14.8. The van der Waals surface area contributed by atoms with Gasteiger partial charge in [-0.05, 0) is 50.2 Å². The van der Waals surface area contributed by atoms with Crippen LogP contribution in [0.15, 0.2) is 38.9 Å². The molecule has 0 amide bonds. The highest BCUT2D eigenvalue weighted by molar-refractivity contribution is 7.99. The molecule has 0 N–H and O–H groups in total. The van der Waals surface area contributed by atoms with Gasteiger partial charge in [-0.25, -0.2) is 9.97 Å². The summed E-state index contributed by atoms with van der Waals surface area (Å²) in [7, 11) is 1.65. The van der Waals surface area contributed by atoms with Crippen LogP contribution in [-0.4, -0.2) is 27.3 Å². The van der Waals surface area contributed by atoms with Crippen molar-refractivity contribution in [3.63, 3.8) is 0 Å². The Hall–Kier alpha value is -2.41. The Morgan fingerprint density at radius 1 is 1.04 bits per heavy atom. The highest BCUT2D eigenvalue weighted by atomic mass is 32.2. The summed E-state index contributed by atoms with van der Waals surface area (Å²) < 4.78 is 10.9. The van der Waals surface area contributed by atoms with Crippen LogP contribution in [-0.2, 0) is 6.42 Å². The second-order valence-electron chi connectivity index (χ2n) is 5.38. The molecule has 0 unspecified atom stereocenters. The van der Waals surface area contributed by atoms with Gasteiger partial charge in [0.2, 0.25) is 5.89 Å². The second-order valence-corrected chi connectivity index (χ2v) is 6.32. The highest BCUT2D eigenvalue weighted by Crippen LogP contribution is 2.29. The van der Waals surface area contributed by atoms with Gasteiger partial charge in [-0.1, -0.05) is 12.1 Å². The second kappa shape index (κ2) is 7.00. The van der Waals surface area contributed by atoms with Crippen molar-refractivity contribution in [2.24, 2.45) is 0 Å². The van der Waals surface area contributed by atoms with E-state index in [1.54, 1.807) is 7.11 Å². The largest absolute Gasteiger partial charge is 0.497 e. The minimum Gasteiger partial charge on any atom is -0.497 e. The molecule has 3 rings (SSSR count). The van der Waals surface area contributed by atoms with Crippen molar-refractivity contribution < 1.29 is 9.15 Å². The number of benzene rings is 1. The van der Waals surface area contributed by atoms with Gasteiger partial charge < -0.3 is 9.15 Å². The molecular weight excluding hydrogens is 324 g/mol. The first-order valence-corrected chi connectivity index (χ1v) is 8.32. The third-order valence-corrected chi connectivity index (χ3v) is 4.53. The van der Waals surface area contributed by atoms with Crippen molar-refractivity contribution in [3.8, 4) is 5.75 Å². The van der Waals surface area contributed by atoms with E-state index in [1.807, 2.05) is 45.0 Å². The lowest BCUT2D eigenvalue weighted by Crippen LogP contribution is -1.97. The molecule has 0 bridgehead atoms. The maximum Gasteiger partial charge on any atom is 0.282 e. The summed E-state index contributed by atoms with van der Waals surface area (Å²) >= 11 is 1.37. The van der Waals surface area contributed by atoms with Gasteiger partial charge in [0.1, 0.15) is 16.6 Å². The Morgan fingerprint density at radius 2 is 1.79 bits per heavy atom. The van der Waals surface area contributed by atoms with Crippen LogP contribution in [0.4, 0.5) is 0 Å². The minimum atomic E-state index is 0.485. The molecule has 2 aromatic heterocycles. The third kappa shape index (κ3) is 3.73. The highest BCUT2D eigenvalue weighted by Gasteiger charge is 2.13. The van der Waals surface area contributed by atoms with E-state index in [1.165, 1.54) is 11.8 Å². The Labute approximate surface area is 144 Å². The molecule has 0 fully saturated rings. The molecule has 6 nitrogen and oxygen atoms in total. The lowest BCUT2D eigenvalue weighted by Gasteiger charge is -2.05. The first-order valence-electron chi connectivity index (χ1n) is 7.50. The number of methoxy groups -OCH3 is 1. The number of hydrogen-bond donors (Lipinski definition) is 0. The van der Waals surface area contributed by atoms with Crippen LogP contribution in [0.25, 0.3) is 0 Å². The average molecular weight is 342 g/mol.